The van der Waals surface area contributed by atoms with Crippen LogP contribution in [0.15, 0.2) is 59.8 Å². The normalized spacial score (nSPS) is 10.6. The molecule has 0 aliphatic rings. The second kappa shape index (κ2) is 7.76. The Morgan fingerprint density at radius 3 is 2.60 bits per heavy atom. The lowest BCUT2D eigenvalue weighted by Crippen LogP contribution is -2.24. The van der Waals surface area contributed by atoms with Crippen molar-refractivity contribution in [2.45, 2.75) is 11.6 Å². The van der Waals surface area contributed by atoms with E-state index in [1.165, 1.54) is 23.9 Å². The van der Waals surface area contributed by atoms with Gasteiger partial charge in [0.1, 0.15) is 5.03 Å². The van der Waals surface area contributed by atoms with Crippen LogP contribution in [0.25, 0.3) is 10.8 Å². The number of hydrogen-bond acceptors (Lipinski definition) is 5. The summed E-state index contributed by atoms with van der Waals surface area (Å²) in [6.45, 7) is 0.348. The van der Waals surface area contributed by atoms with E-state index in [2.05, 4.69) is 15.5 Å². The molecule has 1 aromatic heterocycles. The van der Waals surface area contributed by atoms with Crippen molar-refractivity contribution in [3.8, 4) is 0 Å². The molecule has 0 bridgehead atoms. The molecule has 1 amide bonds. The van der Waals surface area contributed by atoms with Gasteiger partial charge in [-0.05, 0) is 17.7 Å². The molecule has 0 spiro atoms. The second-order valence-electron chi connectivity index (χ2n) is 5.30. The Kier molecular flexibility index (Phi) is 5.25. The molecule has 0 unspecified atom stereocenters. The Morgan fingerprint density at radius 1 is 1.08 bits per heavy atom. The van der Waals surface area contributed by atoms with Crippen LogP contribution in [0.1, 0.15) is 15.9 Å². The van der Waals surface area contributed by atoms with Crippen molar-refractivity contribution >= 4 is 34.4 Å². The lowest BCUT2D eigenvalue weighted by Gasteiger charge is -2.06. The highest BCUT2D eigenvalue weighted by Crippen LogP contribution is 2.24. The lowest BCUT2D eigenvalue weighted by molar-refractivity contribution is -0.118. The van der Waals surface area contributed by atoms with Crippen molar-refractivity contribution in [3.05, 3.63) is 65.9 Å². The van der Waals surface area contributed by atoms with E-state index < -0.39 is 5.97 Å². The van der Waals surface area contributed by atoms with E-state index in [1.807, 2.05) is 24.3 Å². The van der Waals surface area contributed by atoms with E-state index in [1.54, 1.807) is 18.3 Å². The van der Waals surface area contributed by atoms with Crippen LogP contribution in [0.3, 0.4) is 0 Å². The molecule has 7 heteroatoms. The van der Waals surface area contributed by atoms with Crippen LogP contribution in [0.4, 0.5) is 0 Å². The first kappa shape index (κ1) is 16.9. The minimum Gasteiger partial charge on any atom is -0.478 e. The first-order chi connectivity index (χ1) is 12.1. The van der Waals surface area contributed by atoms with E-state index >= 15 is 0 Å². The number of benzene rings is 2. The van der Waals surface area contributed by atoms with E-state index in [4.69, 9.17) is 5.11 Å². The maximum atomic E-state index is 12.0. The zero-order valence-electron chi connectivity index (χ0n) is 13.2. The maximum absolute atomic E-state index is 12.0. The molecule has 2 N–H and O–H groups in total. The van der Waals surface area contributed by atoms with Crippen LogP contribution in [-0.4, -0.2) is 32.9 Å². The maximum Gasteiger partial charge on any atom is 0.335 e. The molecule has 1 heterocycles. The largest absolute Gasteiger partial charge is 0.478 e. The third-order valence-corrected chi connectivity index (χ3v) is 4.55. The monoisotopic (exact) mass is 353 g/mol. The quantitative estimate of drug-likeness (QED) is 0.662. The molecule has 6 nitrogen and oxygen atoms in total. The van der Waals surface area contributed by atoms with Gasteiger partial charge in [0.25, 0.3) is 0 Å². The van der Waals surface area contributed by atoms with Crippen molar-refractivity contribution in [1.82, 2.24) is 15.5 Å². The summed E-state index contributed by atoms with van der Waals surface area (Å²) in [6.07, 6.45) is 1.69. The molecule has 126 valence electrons. The summed E-state index contributed by atoms with van der Waals surface area (Å²) >= 11 is 1.34. The van der Waals surface area contributed by atoms with Gasteiger partial charge in [0.15, 0.2) is 0 Å². The van der Waals surface area contributed by atoms with Gasteiger partial charge in [-0.1, -0.05) is 48.2 Å². The number of aromatic carboxylic acids is 1. The number of carboxylic acid groups (broad SMARTS) is 1. The average Bonchev–Trinajstić information content (AvgIpc) is 2.65. The van der Waals surface area contributed by atoms with Crippen LogP contribution in [0, 0.1) is 0 Å². The van der Waals surface area contributed by atoms with Gasteiger partial charge in [-0.25, -0.2) is 4.79 Å². The standard InChI is InChI=1S/C18H15N3O3S/c22-16(19-9-12-5-7-13(8-6-12)18(23)24)11-25-17-15-4-2-1-3-14(15)10-20-21-17/h1-8,10H,9,11H2,(H,19,22)(H,23,24). The van der Waals surface area contributed by atoms with Crippen molar-refractivity contribution in [1.29, 1.82) is 0 Å². The minimum absolute atomic E-state index is 0.123. The van der Waals surface area contributed by atoms with E-state index in [0.717, 1.165) is 21.4 Å². The van der Waals surface area contributed by atoms with Gasteiger partial charge in [0.2, 0.25) is 5.91 Å². The lowest BCUT2D eigenvalue weighted by atomic mass is 10.1. The first-order valence-corrected chi connectivity index (χ1v) is 8.54. The molecule has 3 rings (SSSR count). The first-order valence-electron chi connectivity index (χ1n) is 7.55. The van der Waals surface area contributed by atoms with Crippen LogP contribution in [0.5, 0.6) is 0 Å². The fraction of sp³-hybridized carbons (Fsp3) is 0.111. The molecule has 0 saturated heterocycles. The van der Waals surface area contributed by atoms with E-state index in [9.17, 15) is 9.59 Å². The summed E-state index contributed by atoms with van der Waals surface area (Å²) < 4.78 is 0. The second-order valence-corrected chi connectivity index (χ2v) is 6.27. The number of hydrogen-bond donors (Lipinski definition) is 2. The number of nitrogens with zero attached hydrogens (tertiary/aromatic N) is 2. The van der Waals surface area contributed by atoms with Gasteiger partial charge in [0.05, 0.1) is 17.5 Å². The highest BCUT2D eigenvalue weighted by Gasteiger charge is 2.08. The molecule has 25 heavy (non-hydrogen) atoms. The Balaban J connectivity index is 1.55. The Hall–Kier alpha value is -2.93. The number of carbonyl (C=O) groups is 2. The summed E-state index contributed by atoms with van der Waals surface area (Å²) in [4.78, 5) is 22.8. The van der Waals surface area contributed by atoms with Crippen LogP contribution >= 0.6 is 11.8 Å². The molecule has 3 aromatic rings. The summed E-state index contributed by atoms with van der Waals surface area (Å²) in [5.74, 6) is -0.860. The Morgan fingerprint density at radius 2 is 1.84 bits per heavy atom. The smallest absolute Gasteiger partial charge is 0.335 e. The highest BCUT2D eigenvalue weighted by molar-refractivity contribution is 8.00. The Bertz CT molecular complexity index is 908. The van der Waals surface area contributed by atoms with Crippen molar-refractivity contribution in [3.63, 3.8) is 0 Å². The fourth-order valence-electron chi connectivity index (χ4n) is 2.26. The summed E-state index contributed by atoms with van der Waals surface area (Å²) in [5, 5.41) is 22.4. The van der Waals surface area contributed by atoms with Gasteiger partial charge >= 0.3 is 5.97 Å². The summed E-state index contributed by atoms with van der Waals surface area (Å²) in [5.41, 5.74) is 1.06. The number of aromatic nitrogens is 2. The number of amides is 1. The third kappa shape index (κ3) is 4.33. The van der Waals surface area contributed by atoms with Crippen molar-refractivity contribution < 1.29 is 14.7 Å². The average molecular weight is 353 g/mol. The van der Waals surface area contributed by atoms with E-state index in [-0.39, 0.29) is 17.2 Å². The minimum atomic E-state index is -0.969. The number of carbonyl (C=O) groups excluding carboxylic acids is 1. The molecule has 0 radical (unpaired) electrons. The predicted octanol–water partition coefficient (Wildman–Crippen LogP) is 2.74. The van der Waals surface area contributed by atoms with Gasteiger partial charge in [0, 0.05) is 17.3 Å². The van der Waals surface area contributed by atoms with Gasteiger partial charge in [-0.2, -0.15) is 5.10 Å². The van der Waals surface area contributed by atoms with Gasteiger partial charge < -0.3 is 10.4 Å². The zero-order valence-corrected chi connectivity index (χ0v) is 14.0. The van der Waals surface area contributed by atoms with Gasteiger partial charge in [-0.3, -0.25) is 4.79 Å². The molecule has 0 fully saturated rings. The molecule has 0 aliphatic heterocycles. The molecule has 2 aromatic carbocycles. The topological polar surface area (TPSA) is 92.2 Å². The summed E-state index contributed by atoms with van der Waals surface area (Å²) in [7, 11) is 0. The van der Waals surface area contributed by atoms with Crippen LogP contribution in [0.2, 0.25) is 0 Å². The molecule has 0 atom stereocenters. The zero-order chi connectivity index (χ0) is 17.6. The number of fused-ring (bicyclic) bond motifs is 1. The predicted molar refractivity (Wildman–Crippen MR) is 95.5 cm³/mol. The molecular formula is C18H15N3O3S. The number of nitrogens with one attached hydrogen (secondary N) is 1. The molecule has 0 aliphatic carbocycles. The number of thioether (sulfide) groups is 1. The van der Waals surface area contributed by atoms with Crippen LogP contribution in [-0.2, 0) is 11.3 Å². The number of carboxylic acids is 1. The van der Waals surface area contributed by atoms with Crippen molar-refractivity contribution in [2.24, 2.45) is 0 Å². The third-order valence-electron chi connectivity index (χ3n) is 3.57. The van der Waals surface area contributed by atoms with Gasteiger partial charge in [-0.15, -0.1) is 5.10 Å². The number of rotatable bonds is 6. The fourth-order valence-corrected chi connectivity index (χ4v) is 3.08. The van der Waals surface area contributed by atoms with Crippen LogP contribution < -0.4 is 5.32 Å². The Labute approximate surface area is 148 Å². The summed E-state index contributed by atoms with van der Waals surface area (Å²) in [6, 6.07) is 14.2. The molecular weight excluding hydrogens is 338 g/mol. The van der Waals surface area contributed by atoms with E-state index in [0.29, 0.717) is 6.54 Å². The van der Waals surface area contributed by atoms with Crippen molar-refractivity contribution in [2.75, 3.05) is 5.75 Å². The molecule has 0 saturated carbocycles. The SMILES string of the molecule is O=C(CSc1nncc2ccccc12)NCc1ccc(C(=O)O)cc1. The highest BCUT2D eigenvalue weighted by atomic mass is 32.2.